The van der Waals surface area contributed by atoms with Gasteiger partial charge in [-0.15, -0.1) is 11.3 Å². The van der Waals surface area contributed by atoms with E-state index in [9.17, 15) is 0 Å². The molecule has 30 heavy (non-hydrogen) atoms. The number of nitrogens with one attached hydrogen (secondary N) is 2. The van der Waals surface area contributed by atoms with Crippen LogP contribution in [0, 0.1) is 0 Å². The van der Waals surface area contributed by atoms with Crippen molar-refractivity contribution in [3.8, 4) is 0 Å². The van der Waals surface area contributed by atoms with Crippen molar-refractivity contribution in [1.29, 1.82) is 0 Å². The molecule has 1 fully saturated rings. The van der Waals surface area contributed by atoms with Gasteiger partial charge in [0.05, 0.1) is 5.01 Å². The number of hydrogen-bond donors (Lipinski definition) is 2. The van der Waals surface area contributed by atoms with Crippen LogP contribution in [0.25, 0.3) is 0 Å². The maximum Gasteiger partial charge on any atom is 0.190 e. The molecule has 7 heteroatoms. The Morgan fingerprint density at radius 3 is 2.73 bits per heavy atom. The van der Waals surface area contributed by atoms with Crippen LogP contribution in [-0.4, -0.2) is 74.1 Å². The highest BCUT2D eigenvalue weighted by atomic mass is 32.1. The van der Waals surface area contributed by atoms with E-state index in [4.69, 9.17) is 0 Å². The fourth-order valence-electron chi connectivity index (χ4n) is 3.84. The highest BCUT2D eigenvalue weighted by molar-refractivity contribution is 7.11. The number of piperazine rings is 1. The lowest BCUT2D eigenvalue weighted by atomic mass is 10.0. The summed E-state index contributed by atoms with van der Waals surface area (Å²) in [6, 6.07) is 11.4. The molecule has 1 saturated heterocycles. The summed E-state index contributed by atoms with van der Waals surface area (Å²) < 4.78 is 0. The Balaban J connectivity index is 1.39. The fraction of sp³-hybridized carbons (Fsp3) is 0.565. The average Bonchev–Trinajstić information content (AvgIpc) is 3.24. The van der Waals surface area contributed by atoms with Crippen molar-refractivity contribution < 1.29 is 0 Å². The third-order valence-electron chi connectivity index (χ3n) is 5.60. The summed E-state index contributed by atoms with van der Waals surface area (Å²) in [6.45, 7) is 8.39. The minimum absolute atomic E-state index is 0.480. The van der Waals surface area contributed by atoms with Crippen LogP contribution in [0.1, 0.15) is 34.8 Å². The Labute approximate surface area is 185 Å². The number of hydrogen-bond acceptors (Lipinski definition) is 5. The smallest absolute Gasteiger partial charge is 0.190 e. The van der Waals surface area contributed by atoms with Crippen molar-refractivity contribution in [3.63, 3.8) is 0 Å². The van der Waals surface area contributed by atoms with Crippen molar-refractivity contribution in [2.45, 2.75) is 32.2 Å². The van der Waals surface area contributed by atoms with Crippen LogP contribution in [0.15, 0.2) is 41.5 Å². The molecule has 2 N–H and O–H groups in total. The van der Waals surface area contributed by atoms with Crippen molar-refractivity contribution >= 4 is 17.3 Å². The lowest BCUT2D eigenvalue weighted by molar-refractivity contribution is 0.0891. The van der Waals surface area contributed by atoms with Crippen molar-refractivity contribution in [1.82, 2.24) is 25.4 Å². The van der Waals surface area contributed by atoms with Gasteiger partial charge in [-0.05, 0) is 25.5 Å². The van der Waals surface area contributed by atoms with E-state index in [0.29, 0.717) is 6.04 Å². The highest BCUT2D eigenvalue weighted by Gasteiger charge is 2.25. The molecule has 0 spiro atoms. The maximum absolute atomic E-state index is 4.48. The molecule has 1 aliphatic rings. The van der Waals surface area contributed by atoms with Gasteiger partial charge >= 0.3 is 0 Å². The molecule has 3 rings (SSSR count). The first-order chi connectivity index (χ1) is 14.7. The van der Waals surface area contributed by atoms with Gasteiger partial charge in [-0.3, -0.25) is 9.89 Å². The molecule has 6 nitrogen and oxygen atoms in total. The van der Waals surface area contributed by atoms with E-state index in [2.05, 4.69) is 74.7 Å². The summed E-state index contributed by atoms with van der Waals surface area (Å²) in [5, 5.41) is 8.06. The lowest BCUT2D eigenvalue weighted by Crippen LogP contribution is -2.47. The Bertz CT molecular complexity index is 775. The number of aromatic nitrogens is 1. The first-order valence-electron chi connectivity index (χ1n) is 11.0. The van der Waals surface area contributed by atoms with Crippen LogP contribution in [0.3, 0.4) is 0 Å². The maximum atomic E-state index is 4.48. The Morgan fingerprint density at radius 2 is 2.00 bits per heavy atom. The molecule has 2 aromatic rings. The van der Waals surface area contributed by atoms with Gasteiger partial charge in [-0.1, -0.05) is 37.3 Å². The molecule has 1 unspecified atom stereocenters. The molecule has 1 aromatic carbocycles. The molecule has 2 heterocycles. The molecular formula is C23H36N6S. The zero-order valence-electron chi connectivity index (χ0n) is 18.6. The second-order valence-electron chi connectivity index (χ2n) is 7.83. The number of nitrogens with zero attached hydrogens (tertiary/aromatic N) is 4. The Morgan fingerprint density at radius 1 is 1.20 bits per heavy atom. The quantitative estimate of drug-likeness (QED) is 0.365. The number of likely N-dealkylation sites (N-methyl/N-ethyl adjacent to an activating group) is 1. The number of aryl methyl sites for hydroxylation is 1. The largest absolute Gasteiger partial charge is 0.356 e. The van der Waals surface area contributed by atoms with Gasteiger partial charge in [0, 0.05) is 69.9 Å². The van der Waals surface area contributed by atoms with Crippen molar-refractivity contribution in [2.24, 2.45) is 4.99 Å². The van der Waals surface area contributed by atoms with E-state index in [1.807, 2.05) is 24.6 Å². The topological polar surface area (TPSA) is 55.8 Å². The van der Waals surface area contributed by atoms with E-state index in [0.717, 1.165) is 64.5 Å². The average molecular weight is 429 g/mol. The summed E-state index contributed by atoms with van der Waals surface area (Å²) in [5.41, 5.74) is 1.42. The molecular weight excluding hydrogens is 392 g/mol. The Kier molecular flexibility index (Phi) is 9.11. The van der Waals surface area contributed by atoms with Crippen LogP contribution in [0.5, 0.6) is 0 Å². The summed E-state index contributed by atoms with van der Waals surface area (Å²) in [7, 11) is 4.05. The third kappa shape index (κ3) is 6.79. The predicted molar refractivity (Wildman–Crippen MR) is 127 cm³/mol. The van der Waals surface area contributed by atoms with E-state index in [-0.39, 0.29) is 0 Å². The summed E-state index contributed by atoms with van der Waals surface area (Å²) in [5.74, 6) is 0.875. The second kappa shape index (κ2) is 12.0. The molecule has 0 bridgehead atoms. The van der Waals surface area contributed by atoms with Crippen LogP contribution in [-0.2, 0) is 12.8 Å². The molecule has 0 amide bonds. The molecule has 0 aliphatic carbocycles. The van der Waals surface area contributed by atoms with Crippen LogP contribution < -0.4 is 10.6 Å². The SMILES string of the molecule is CCc1cnc(CCNC(=NC)NCCCN2CCN(C)CC2c2ccccc2)s1. The summed E-state index contributed by atoms with van der Waals surface area (Å²) in [4.78, 5) is 15.3. The first kappa shape index (κ1) is 22.7. The Hall–Kier alpha value is -1.96. The van der Waals surface area contributed by atoms with Gasteiger partial charge in [0.25, 0.3) is 0 Å². The molecule has 0 radical (unpaired) electrons. The number of thiazole rings is 1. The third-order valence-corrected chi connectivity index (χ3v) is 6.80. The monoisotopic (exact) mass is 428 g/mol. The minimum atomic E-state index is 0.480. The zero-order valence-corrected chi connectivity index (χ0v) is 19.4. The van der Waals surface area contributed by atoms with Crippen molar-refractivity contribution in [3.05, 3.63) is 52.0 Å². The van der Waals surface area contributed by atoms with Gasteiger partial charge in [-0.2, -0.15) is 0 Å². The lowest BCUT2D eigenvalue weighted by Gasteiger charge is -2.40. The van der Waals surface area contributed by atoms with E-state index < -0.39 is 0 Å². The van der Waals surface area contributed by atoms with Gasteiger partial charge in [0.2, 0.25) is 0 Å². The van der Waals surface area contributed by atoms with Crippen LogP contribution in [0.4, 0.5) is 0 Å². The molecule has 0 saturated carbocycles. The molecule has 164 valence electrons. The van der Waals surface area contributed by atoms with Gasteiger partial charge in [0.1, 0.15) is 0 Å². The van der Waals surface area contributed by atoms with Crippen LogP contribution in [0.2, 0.25) is 0 Å². The van der Waals surface area contributed by atoms with E-state index in [1.54, 1.807) is 0 Å². The van der Waals surface area contributed by atoms with Gasteiger partial charge in [-0.25, -0.2) is 4.98 Å². The van der Waals surface area contributed by atoms with E-state index >= 15 is 0 Å². The number of rotatable bonds is 9. The van der Waals surface area contributed by atoms with Crippen molar-refractivity contribution in [2.75, 3.05) is 53.4 Å². The molecule has 1 aliphatic heterocycles. The summed E-state index contributed by atoms with van der Waals surface area (Å²) in [6.07, 6.45) is 5.09. The van der Waals surface area contributed by atoms with Gasteiger partial charge in [0.15, 0.2) is 5.96 Å². The molecule has 1 atom stereocenters. The predicted octanol–water partition coefficient (Wildman–Crippen LogP) is 2.79. The second-order valence-corrected chi connectivity index (χ2v) is 9.03. The number of guanidine groups is 1. The normalized spacial score (nSPS) is 18.5. The highest BCUT2D eigenvalue weighted by Crippen LogP contribution is 2.24. The molecule has 1 aromatic heterocycles. The van der Waals surface area contributed by atoms with Crippen LogP contribution >= 0.6 is 11.3 Å². The fourth-order valence-corrected chi connectivity index (χ4v) is 4.70. The minimum Gasteiger partial charge on any atom is -0.356 e. The number of aliphatic imine (C=N–C) groups is 1. The standard InChI is InChI=1S/C23H36N6S/c1-4-20-17-27-22(30-20)11-13-26-23(24-2)25-12-8-14-29-16-15-28(3)18-21(29)19-9-6-5-7-10-19/h5-7,9-10,17,21H,4,8,11-16,18H2,1-3H3,(H2,24,25,26). The zero-order chi connectivity index (χ0) is 21.2. The summed E-state index contributed by atoms with van der Waals surface area (Å²) >= 11 is 1.81. The first-order valence-corrected chi connectivity index (χ1v) is 11.9. The van der Waals surface area contributed by atoms with Gasteiger partial charge < -0.3 is 15.5 Å². The van der Waals surface area contributed by atoms with E-state index in [1.165, 1.54) is 15.4 Å². The number of benzene rings is 1.